The first kappa shape index (κ1) is 41.1. The van der Waals surface area contributed by atoms with Gasteiger partial charge in [0.25, 0.3) is 0 Å². The molecule has 0 fully saturated rings. The minimum absolute atomic E-state index is 0.133. The molecule has 0 N–H and O–H groups in total. The molecule has 0 radical (unpaired) electrons. The third-order valence-electron chi connectivity index (χ3n) is 18.0. The number of fused-ring (bicyclic) bond motifs is 18. The molecule has 0 unspecified atom stereocenters. The second-order valence-corrected chi connectivity index (χ2v) is 23.3. The molecule has 0 saturated carbocycles. The minimum atomic E-state index is -0.154. The minimum Gasteiger partial charge on any atom is -0.310 e. The second-order valence-electron chi connectivity index (χ2n) is 23.3. The van der Waals surface area contributed by atoms with Crippen LogP contribution in [-0.4, -0.2) is 0 Å². The molecule has 71 heavy (non-hydrogen) atoms. The van der Waals surface area contributed by atoms with Gasteiger partial charge in [0.1, 0.15) is 0 Å². The molecular formula is C70H55N. The van der Waals surface area contributed by atoms with Crippen LogP contribution in [0.5, 0.6) is 0 Å². The zero-order chi connectivity index (χ0) is 48.1. The molecule has 0 heterocycles. The average Bonchev–Trinajstić information content (AvgIpc) is 3.93. The summed E-state index contributed by atoms with van der Waals surface area (Å²) in [7, 11) is 0. The normalized spacial score (nSPS) is 16.3. The van der Waals surface area contributed by atoms with E-state index in [9.17, 15) is 0 Å². The summed E-state index contributed by atoms with van der Waals surface area (Å²) in [6.45, 7) is 19.5. The molecule has 11 aromatic rings. The van der Waals surface area contributed by atoms with Gasteiger partial charge in [-0.1, -0.05) is 159 Å². The van der Waals surface area contributed by atoms with Gasteiger partial charge in [0, 0.05) is 38.7 Å². The standard InChI is InChI=1S/C70H55N/c1-67(2)57-28-26-51-53-32-40-16-12-14-18-42(40)36-59(53)69(5,6)65(51)63(57)55-34-44-22-24-49(30-46(44)38-61(55)67)71(48-20-10-9-11-21-48)50-25-23-45-35-56-62(39-47(45)31-50)68(3,4)58-29-27-52-54-33-41-17-13-15-19-43(41)37-60(54)70(7,8)66(52)64(56)58/h9-39H,1-8H3. The van der Waals surface area contributed by atoms with Crippen molar-refractivity contribution in [2.24, 2.45) is 0 Å². The van der Waals surface area contributed by atoms with Crippen molar-refractivity contribution < 1.29 is 0 Å². The van der Waals surface area contributed by atoms with E-state index in [-0.39, 0.29) is 21.7 Å². The Morgan fingerprint density at radius 1 is 0.239 bits per heavy atom. The summed E-state index contributed by atoms with van der Waals surface area (Å²) in [4.78, 5) is 2.45. The average molecular weight is 910 g/mol. The van der Waals surface area contributed by atoms with Gasteiger partial charge in [0.15, 0.2) is 0 Å². The van der Waals surface area contributed by atoms with Gasteiger partial charge in [-0.25, -0.2) is 0 Å². The maximum atomic E-state index is 2.51. The summed E-state index contributed by atoms with van der Waals surface area (Å²) in [5.41, 5.74) is 25.5. The molecule has 4 aliphatic carbocycles. The van der Waals surface area contributed by atoms with Crippen molar-refractivity contribution in [2.45, 2.75) is 77.0 Å². The van der Waals surface area contributed by atoms with Crippen LogP contribution in [0.25, 0.3) is 87.6 Å². The van der Waals surface area contributed by atoms with Crippen LogP contribution in [0.15, 0.2) is 188 Å². The lowest BCUT2D eigenvalue weighted by atomic mass is 9.77. The number of hydrogen-bond acceptors (Lipinski definition) is 1. The van der Waals surface area contributed by atoms with Gasteiger partial charge in [-0.2, -0.15) is 0 Å². The lowest BCUT2D eigenvalue weighted by molar-refractivity contribution is 0.648. The molecular weight excluding hydrogens is 855 g/mol. The van der Waals surface area contributed by atoms with Crippen LogP contribution >= 0.6 is 0 Å². The molecule has 4 aliphatic rings. The molecule has 0 aromatic heterocycles. The fourth-order valence-corrected chi connectivity index (χ4v) is 14.4. The highest BCUT2D eigenvalue weighted by Gasteiger charge is 2.47. The molecule has 1 nitrogen and oxygen atoms in total. The first-order valence-corrected chi connectivity index (χ1v) is 25.7. The van der Waals surface area contributed by atoms with E-state index >= 15 is 0 Å². The summed E-state index contributed by atoms with van der Waals surface area (Å²) >= 11 is 0. The molecule has 0 bridgehead atoms. The van der Waals surface area contributed by atoms with Crippen LogP contribution < -0.4 is 4.90 Å². The highest BCUT2D eigenvalue weighted by Crippen LogP contribution is 2.62. The third-order valence-corrected chi connectivity index (χ3v) is 18.0. The molecule has 0 spiro atoms. The Balaban J connectivity index is 0.852. The topological polar surface area (TPSA) is 3.24 Å². The highest BCUT2D eigenvalue weighted by atomic mass is 15.1. The Labute approximate surface area is 417 Å². The smallest absolute Gasteiger partial charge is 0.0468 e. The SMILES string of the molecule is CC1(C)c2cc3cc(N(c4ccccc4)c4ccc5cc6c(cc5c4)C(C)(C)c4ccc5c(c4-6)C(C)(C)c4cc6ccccc6cc4-5)ccc3cc2-c2c1ccc1c2C(C)(C)c2cc3ccccc3cc2-1. The molecule has 11 aromatic carbocycles. The van der Waals surface area contributed by atoms with Crippen LogP contribution in [0, 0.1) is 0 Å². The fourth-order valence-electron chi connectivity index (χ4n) is 14.4. The van der Waals surface area contributed by atoms with Crippen molar-refractivity contribution in [3.8, 4) is 44.5 Å². The van der Waals surface area contributed by atoms with Crippen molar-refractivity contribution in [3.05, 3.63) is 233 Å². The summed E-state index contributed by atoms with van der Waals surface area (Å²) < 4.78 is 0. The lowest BCUT2D eigenvalue weighted by Crippen LogP contribution is -2.18. The van der Waals surface area contributed by atoms with Crippen LogP contribution in [0.4, 0.5) is 17.1 Å². The molecule has 0 saturated heterocycles. The van der Waals surface area contributed by atoms with Crippen molar-refractivity contribution >= 4 is 60.2 Å². The largest absolute Gasteiger partial charge is 0.310 e. The predicted molar refractivity (Wildman–Crippen MR) is 301 cm³/mol. The van der Waals surface area contributed by atoms with E-state index in [2.05, 4.69) is 248 Å². The quantitative estimate of drug-likeness (QED) is 0.171. The van der Waals surface area contributed by atoms with E-state index in [1.54, 1.807) is 0 Å². The third kappa shape index (κ3) is 5.31. The van der Waals surface area contributed by atoms with E-state index in [1.807, 2.05) is 0 Å². The van der Waals surface area contributed by atoms with E-state index in [0.717, 1.165) is 17.1 Å². The Bertz CT molecular complexity index is 3960. The monoisotopic (exact) mass is 909 g/mol. The maximum Gasteiger partial charge on any atom is 0.0468 e. The Hall–Kier alpha value is -7.74. The summed E-state index contributed by atoms with van der Waals surface area (Å²) in [6.07, 6.45) is 0. The molecule has 0 amide bonds. The van der Waals surface area contributed by atoms with Gasteiger partial charge < -0.3 is 4.90 Å². The number of hydrogen-bond donors (Lipinski definition) is 0. The van der Waals surface area contributed by atoms with Gasteiger partial charge in [-0.05, 0) is 217 Å². The zero-order valence-electron chi connectivity index (χ0n) is 41.8. The van der Waals surface area contributed by atoms with Gasteiger partial charge in [0.05, 0.1) is 0 Å². The number of anilines is 3. The fraction of sp³-hybridized carbons (Fsp3) is 0.171. The highest BCUT2D eigenvalue weighted by molar-refractivity contribution is 6.04. The van der Waals surface area contributed by atoms with Crippen LogP contribution in [0.1, 0.15) is 99.9 Å². The van der Waals surface area contributed by atoms with Crippen molar-refractivity contribution in [1.82, 2.24) is 0 Å². The van der Waals surface area contributed by atoms with Gasteiger partial charge in [0.2, 0.25) is 0 Å². The molecule has 0 aliphatic heterocycles. The predicted octanol–water partition coefficient (Wildman–Crippen LogP) is 19.0. The first-order valence-electron chi connectivity index (χ1n) is 25.7. The number of rotatable bonds is 3. The first-order chi connectivity index (χ1) is 34.2. The van der Waals surface area contributed by atoms with Gasteiger partial charge in [-0.3, -0.25) is 0 Å². The number of para-hydroxylation sites is 1. The number of benzene rings is 11. The van der Waals surface area contributed by atoms with Gasteiger partial charge >= 0.3 is 0 Å². The van der Waals surface area contributed by atoms with E-state index in [0.29, 0.717) is 0 Å². The lowest BCUT2D eigenvalue weighted by Gasteiger charge is -2.27. The van der Waals surface area contributed by atoms with Crippen LogP contribution in [-0.2, 0) is 21.7 Å². The Morgan fingerprint density at radius 3 is 1.03 bits per heavy atom. The van der Waals surface area contributed by atoms with E-state index in [1.165, 1.54) is 132 Å². The van der Waals surface area contributed by atoms with Crippen molar-refractivity contribution in [2.75, 3.05) is 4.90 Å². The molecule has 1 heteroatoms. The summed E-state index contributed by atoms with van der Waals surface area (Å²) in [6, 6.07) is 72.3. The molecule has 15 rings (SSSR count). The second kappa shape index (κ2) is 13.6. The summed E-state index contributed by atoms with van der Waals surface area (Å²) in [5, 5.41) is 10.3. The van der Waals surface area contributed by atoms with Gasteiger partial charge in [-0.15, -0.1) is 0 Å². The van der Waals surface area contributed by atoms with Crippen molar-refractivity contribution in [3.63, 3.8) is 0 Å². The van der Waals surface area contributed by atoms with Crippen molar-refractivity contribution in [1.29, 1.82) is 0 Å². The Kier molecular flexibility index (Phi) is 7.85. The summed E-state index contributed by atoms with van der Waals surface area (Å²) in [5.74, 6) is 0. The van der Waals surface area contributed by atoms with Crippen LogP contribution in [0.2, 0.25) is 0 Å². The maximum absolute atomic E-state index is 2.51. The van der Waals surface area contributed by atoms with E-state index < -0.39 is 0 Å². The van der Waals surface area contributed by atoms with E-state index in [4.69, 9.17) is 0 Å². The molecule has 0 atom stereocenters. The Morgan fingerprint density at radius 2 is 0.592 bits per heavy atom. The van der Waals surface area contributed by atoms with Crippen LogP contribution in [0.3, 0.4) is 0 Å². The molecule has 340 valence electrons. The zero-order valence-corrected chi connectivity index (χ0v) is 41.8. The number of nitrogens with zero attached hydrogens (tertiary/aromatic N) is 1.